The van der Waals surface area contributed by atoms with Gasteiger partial charge in [0, 0.05) is 23.2 Å². The standard InChI is InChI=1S/C15H23NOS.H2/c1-5-11-16-14(17)12-7-9-13(10-8-12)18-15(3,4)6-2;/h7-10H,5-6,11H2,1-4H3,(H,16,17);1H. The molecule has 0 aromatic heterocycles. The van der Waals surface area contributed by atoms with E-state index in [9.17, 15) is 4.79 Å². The van der Waals surface area contributed by atoms with Gasteiger partial charge >= 0.3 is 0 Å². The van der Waals surface area contributed by atoms with Crippen molar-refractivity contribution in [2.24, 2.45) is 0 Å². The van der Waals surface area contributed by atoms with Gasteiger partial charge in [0.25, 0.3) is 5.91 Å². The van der Waals surface area contributed by atoms with E-state index in [1.165, 1.54) is 4.90 Å². The monoisotopic (exact) mass is 267 g/mol. The molecule has 0 aliphatic carbocycles. The summed E-state index contributed by atoms with van der Waals surface area (Å²) in [6.45, 7) is 9.45. The Bertz CT molecular complexity index is 390. The lowest BCUT2D eigenvalue weighted by molar-refractivity contribution is 0.0953. The third-order valence-electron chi connectivity index (χ3n) is 2.90. The normalized spacial score (nSPS) is 11.3. The Labute approximate surface area is 116 Å². The van der Waals surface area contributed by atoms with Crippen LogP contribution in [0.2, 0.25) is 0 Å². The first-order valence-corrected chi connectivity index (χ1v) is 7.37. The van der Waals surface area contributed by atoms with E-state index in [1.807, 2.05) is 43.0 Å². The molecule has 0 unspecified atom stereocenters. The maximum Gasteiger partial charge on any atom is 0.251 e. The molecular formula is C15H25NOS. The number of hydrogen-bond donors (Lipinski definition) is 1. The second-order valence-electron chi connectivity index (χ2n) is 5.00. The van der Waals surface area contributed by atoms with Gasteiger partial charge in [-0.25, -0.2) is 0 Å². The van der Waals surface area contributed by atoms with Crippen LogP contribution in [0.4, 0.5) is 0 Å². The van der Waals surface area contributed by atoms with Crippen LogP contribution in [0.5, 0.6) is 0 Å². The number of rotatable bonds is 6. The van der Waals surface area contributed by atoms with Crippen LogP contribution in [0.1, 0.15) is 52.3 Å². The van der Waals surface area contributed by atoms with Crippen LogP contribution in [-0.2, 0) is 0 Å². The van der Waals surface area contributed by atoms with Gasteiger partial charge in [0.1, 0.15) is 0 Å². The number of carbonyl (C=O) groups is 1. The second-order valence-corrected chi connectivity index (χ2v) is 6.78. The van der Waals surface area contributed by atoms with Crippen molar-refractivity contribution >= 4 is 17.7 Å². The lowest BCUT2D eigenvalue weighted by atomic mass is 10.1. The molecule has 102 valence electrons. The molecule has 0 fully saturated rings. The van der Waals surface area contributed by atoms with Gasteiger partial charge in [-0.1, -0.05) is 27.7 Å². The highest BCUT2D eigenvalue weighted by atomic mass is 32.2. The zero-order valence-electron chi connectivity index (χ0n) is 11.7. The number of thioether (sulfide) groups is 1. The van der Waals surface area contributed by atoms with E-state index in [0.717, 1.165) is 24.9 Å². The average Bonchev–Trinajstić information content (AvgIpc) is 2.36. The van der Waals surface area contributed by atoms with E-state index < -0.39 is 0 Å². The summed E-state index contributed by atoms with van der Waals surface area (Å²) in [5, 5.41) is 2.88. The maximum absolute atomic E-state index is 11.7. The van der Waals surface area contributed by atoms with Crippen LogP contribution >= 0.6 is 11.8 Å². The van der Waals surface area contributed by atoms with E-state index in [2.05, 4.69) is 26.1 Å². The summed E-state index contributed by atoms with van der Waals surface area (Å²) in [6, 6.07) is 7.87. The maximum atomic E-state index is 11.7. The summed E-state index contributed by atoms with van der Waals surface area (Å²) in [5.41, 5.74) is 0.738. The molecule has 0 radical (unpaired) electrons. The Morgan fingerprint density at radius 1 is 1.28 bits per heavy atom. The second kappa shape index (κ2) is 6.83. The average molecular weight is 267 g/mol. The van der Waals surface area contributed by atoms with E-state index in [-0.39, 0.29) is 12.1 Å². The molecule has 0 heterocycles. The molecule has 2 nitrogen and oxygen atoms in total. The molecule has 1 amide bonds. The Morgan fingerprint density at radius 2 is 1.89 bits per heavy atom. The van der Waals surface area contributed by atoms with Crippen molar-refractivity contribution in [3.05, 3.63) is 29.8 Å². The van der Waals surface area contributed by atoms with Gasteiger partial charge in [0.05, 0.1) is 0 Å². The molecule has 0 bridgehead atoms. The third-order valence-corrected chi connectivity index (χ3v) is 4.25. The quantitative estimate of drug-likeness (QED) is 0.776. The van der Waals surface area contributed by atoms with E-state index in [1.54, 1.807) is 0 Å². The zero-order valence-corrected chi connectivity index (χ0v) is 12.6. The largest absolute Gasteiger partial charge is 0.352 e. The van der Waals surface area contributed by atoms with Crippen LogP contribution in [0.15, 0.2) is 29.2 Å². The molecule has 1 N–H and O–H groups in total. The summed E-state index contributed by atoms with van der Waals surface area (Å²) in [6.07, 6.45) is 2.08. The molecule has 0 aliphatic heterocycles. The Balaban J connectivity index is 0.00000324. The van der Waals surface area contributed by atoms with Crippen LogP contribution in [0.3, 0.4) is 0 Å². The van der Waals surface area contributed by atoms with Gasteiger partial charge in [0.15, 0.2) is 0 Å². The van der Waals surface area contributed by atoms with Crippen molar-refractivity contribution < 1.29 is 6.22 Å². The minimum atomic E-state index is 0. The predicted molar refractivity (Wildman–Crippen MR) is 81.4 cm³/mol. The Kier molecular flexibility index (Phi) is 5.73. The van der Waals surface area contributed by atoms with Gasteiger partial charge in [-0.3, -0.25) is 4.79 Å². The van der Waals surface area contributed by atoms with Crippen molar-refractivity contribution in [2.75, 3.05) is 6.54 Å². The first-order chi connectivity index (χ1) is 8.48. The fourth-order valence-corrected chi connectivity index (χ4v) is 2.46. The Hall–Kier alpha value is -0.960. The summed E-state index contributed by atoms with van der Waals surface area (Å²) < 4.78 is 0.242. The first kappa shape index (κ1) is 15.1. The summed E-state index contributed by atoms with van der Waals surface area (Å²) in [4.78, 5) is 13.0. The molecule has 0 saturated carbocycles. The summed E-state index contributed by atoms with van der Waals surface area (Å²) in [5.74, 6) is 0.0168. The highest BCUT2D eigenvalue weighted by Gasteiger charge is 2.16. The number of hydrogen-bond acceptors (Lipinski definition) is 2. The molecule has 18 heavy (non-hydrogen) atoms. The minimum absolute atomic E-state index is 0. The molecule has 3 heteroatoms. The number of benzene rings is 1. The molecular weight excluding hydrogens is 242 g/mol. The zero-order chi connectivity index (χ0) is 13.6. The van der Waals surface area contributed by atoms with Gasteiger partial charge in [-0.2, -0.15) is 0 Å². The number of carbonyl (C=O) groups excluding carboxylic acids is 1. The van der Waals surface area contributed by atoms with Crippen molar-refractivity contribution in [1.82, 2.24) is 5.32 Å². The third kappa shape index (κ3) is 4.73. The molecule has 1 aromatic rings. The molecule has 0 spiro atoms. The first-order valence-electron chi connectivity index (χ1n) is 6.56. The molecule has 0 saturated heterocycles. The van der Waals surface area contributed by atoms with E-state index >= 15 is 0 Å². The number of nitrogens with one attached hydrogen (secondary N) is 1. The molecule has 1 rings (SSSR count). The van der Waals surface area contributed by atoms with Crippen molar-refractivity contribution in [3.63, 3.8) is 0 Å². The van der Waals surface area contributed by atoms with E-state index in [0.29, 0.717) is 0 Å². The van der Waals surface area contributed by atoms with Crippen LogP contribution in [-0.4, -0.2) is 17.2 Å². The molecule has 0 aliphatic rings. The van der Waals surface area contributed by atoms with Crippen molar-refractivity contribution in [3.8, 4) is 0 Å². The van der Waals surface area contributed by atoms with E-state index in [4.69, 9.17) is 0 Å². The van der Waals surface area contributed by atoms with Gasteiger partial charge in [-0.05, 0) is 37.1 Å². The summed E-state index contributed by atoms with van der Waals surface area (Å²) >= 11 is 1.85. The fourth-order valence-electron chi connectivity index (χ4n) is 1.41. The van der Waals surface area contributed by atoms with Crippen LogP contribution in [0, 0.1) is 0 Å². The highest BCUT2D eigenvalue weighted by molar-refractivity contribution is 8.00. The van der Waals surface area contributed by atoms with Crippen molar-refractivity contribution in [1.29, 1.82) is 0 Å². The van der Waals surface area contributed by atoms with Gasteiger partial charge < -0.3 is 5.32 Å². The topological polar surface area (TPSA) is 29.1 Å². The molecule has 0 atom stereocenters. The molecule has 1 aromatic carbocycles. The highest BCUT2D eigenvalue weighted by Crippen LogP contribution is 2.34. The summed E-state index contributed by atoms with van der Waals surface area (Å²) in [7, 11) is 0. The van der Waals surface area contributed by atoms with Gasteiger partial charge in [0.2, 0.25) is 0 Å². The number of amides is 1. The predicted octanol–water partition coefficient (Wildman–Crippen LogP) is 4.35. The Morgan fingerprint density at radius 3 is 2.39 bits per heavy atom. The SMILES string of the molecule is CCCNC(=O)c1ccc(SC(C)(C)CC)cc1.[HH]. The smallest absolute Gasteiger partial charge is 0.251 e. The lowest BCUT2D eigenvalue weighted by Crippen LogP contribution is -2.23. The minimum Gasteiger partial charge on any atom is -0.352 e. The van der Waals surface area contributed by atoms with Crippen LogP contribution < -0.4 is 5.32 Å². The fraction of sp³-hybridized carbons (Fsp3) is 0.533. The van der Waals surface area contributed by atoms with Crippen molar-refractivity contribution in [2.45, 2.75) is 50.2 Å². The van der Waals surface area contributed by atoms with Crippen LogP contribution in [0.25, 0.3) is 0 Å². The van der Waals surface area contributed by atoms with Gasteiger partial charge in [-0.15, -0.1) is 11.8 Å². The lowest BCUT2D eigenvalue weighted by Gasteiger charge is -2.21.